The Morgan fingerprint density at radius 1 is 1.39 bits per heavy atom. The third-order valence-electron chi connectivity index (χ3n) is 2.55. The lowest BCUT2D eigenvalue weighted by Crippen LogP contribution is -2.23. The van der Waals surface area contributed by atoms with Crippen LogP contribution in [0.5, 0.6) is 0 Å². The van der Waals surface area contributed by atoms with Crippen LogP contribution in [0.15, 0.2) is 36.5 Å². The van der Waals surface area contributed by atoms with Gasteiger partial charge in [-0.2, -0.15) is 5.10 Å². The normalized spacial score (nSPS) is 10.3. The van der Waals surface area contributed by atoms with Crippen molar-refractivity contribution in [3.63, 3.8) is 0 Å². The molecule has 0 aliphatic rings. The molecule has 0 saturated carbocycles. The summed E-state index contributed by atoms with van der Waals surface area (Å²) in [5.74, 6) is -0.254. The number of aryl methyl sites for hydroxylation is 1. The van der Waals surface area contributed by atoms with Crippen molar-refractivity contribution in [1.82, 2.24) is 15.1 Å². The van der Waals surface area contributed by atoms with Crippen LogP contribution in [0.2, 0.25) is 5.02 Å². The third kappa shape index (κ3) is 2.90. The zero-order valence-electron chi connectivity index (χ0n) is 10.1. The molecule has 0 aliphatic heterocycles. The van der Waals surface area contributed by atoms with E-state index in [9.17, 15) is 4.79 Å². The standard InChI is InChI=1S/C13H14ClN3O/c1-2-17-9-11(14)12(16-17)13(18)15-8-10-6-4-3-5-7-10/h3-7,9H,2,8H2,1H3,(H,15,18). The molecule has 1 amide bonds. The van der Waals surface area contributed by atoms with Crippen molar-refractivity contribution in [3.8, 4) is 0 Å². The van der Waals surface area contributed by atoms with E-state index >= 15 is 0 Å². The molecule has 2 rings (SSSR count). The number of halogens is 1. The largest absolute Gasteiger partial charge is 0.347 e. The third-order valence-corrected chi connectivity index (χ3v) is 2.83. The van der Waals surface area contributed by atoms with E-state index in [-0.39, 0.29) is 11.6 Å². The van der Waals surface area contributed by atoms with Crippen LogP contribution in [0, 0.1) is 0 Å². The Kier molecular flexibility index (Phi) is 3.99. The molecular weight excluding hydrogens is 250 g/mol. The highest BCUT2D eigenvalue weighted by Gasteiger charge is 2.14. The topological polar surface area (TPSA) is 46.9 Å². The first-order chi connectivity index (χ1) is 8.70. The molecule has 0 saturated heterocycles. The summed E-state index contributed by atoms with van der Waals surface area (Å²) in [6.07, 6.45) is 1.65. The van der Waals surface area contributed by atoms with Gasteiger partial charge >= 0.3 is 0 Å². The fourth-order valence-corrected chi connectivity index (χ4v) is 1.81. The Hall–Kier alpha value is -1.81. The van der Waals surface area contributed by atoms with E-state index in [2.05, 4.69) is 10.4 Å². The average Bonchev–Trinajstić information content (AvgIpc) is 2.78. The van der Waals surface area contributed by atoms with Gasteiger partial charge in [-0.05, 0) is 12.5 Å². The molecule has 1 N–H and O–H groups in total. The summed E-state index contributed by atoms with van der Waals surface area (Å²) in [4.78, 5) is 11.9. The molecule has 5 heteroatoms. The molecular formula is C13H14ClN3O. The molecule has 1 aromatic carbocycles. The van der Waals surface area contributed by atoms with Gasteiger partial charge in [0.05, 0.1) is 5.02 Å². The van der Waals surface area contributed by atoms with Crippen molar-refractivity contribution in [2.24, 2.45) is 0 Å². The van der Waals surface area contributed by atoms with Crippen LogP contribution in [0.4, 0.5) is 0 Å². The number of hydrogen-bond donors (Lipinski definition) is 1. The first-order valence-corrected chi connectivity index (χ1v) is 6.13. The number of aromatic nitrogens is 2. The maximum absolute atomic E-state index is 11.9. The Balaban J connectivity index is 2.01. The predicted octanol–water partition coefficient (Wildman–Crippen LogP) is 2.49. The van der Waals surface area contributed by atoms with Crippen LogP contribution >= 0.6 is 11.6 Å². The van der Waals surface area contributed by atoms with Crippen LogP contribution in [0.1, 0.15) is 23.0 Å². The van der Waals surface area contributed by atoms with E-state index in [1.807, 2.05) is 37.3 Å². The van der Waals surface area contributed by atoms with Crippen molar-refractivity contribution in [1.29, 1.82) is 0 Å². The van der Waals surface area contributed by atoms with Crippen LogP contribution in [0.25, 0.3) is 0 Å². The molecule has 0 unspecified atom stereocenters. The van der Waals surface area contributed by atoms with Gasteiger partial charge in [-0.15, -0.1) is 0 Å². The minimum absolute atomic E-state index is 0.254. The molecule has 0 fully saturated rings. The van der Waals surface area contributed by atoms with Crippen LogP contribution in [-0.2, 0) is 13.1 Å². The number of carbonyl (C=O) groups is 1. The number of amides is 1. The fourth-order valence-electron chi connectivity index (χ4n) is 1.57. The maximum atomic E-state index is 11.9. The van der Waals surface area contributed by atoms with Gasteiger partial charge in [-0.3, -0.25) is 9.48 Å². The molecule has 0 spiro atoms. The molecule has 94 valence electrons. The van der Waals surface area contributed by atoms with Crippen molar-refractivity contribution in [2.45, 2.75) is 20.0 Å². The van der Waals surface area contributed by atoms with Crippen LogP contribution in [-0.4, -0.2) is 15.7 Å². The van der Waals surface area contributed by atoms with E-state index in [0.29, 0.717) is 18.1 Å². The number of nitrogens with zero attached hydrogens (tertiary/aromatic N) is 2. The zero-order chi connectivity index (χ0) is 13.0. The highest BCUT2D eigenvalue weighted by Crippen LogP contribution is 2.13. The highest BCUT2D eigenvalue weighted by atomic mass is 35.5. The summed E-state index contributed by atoms with van der Waals surface area (Å²) < 4.78 is 1.64. The van der Waals surface area contributed by atoms with Crippen molar-refractivity contribution in [3.05, 3.63) is 52.8 Å². The first kappa shape index (κ1) is 12.6. The summed E-state index contributed by atoms with van der Waals surface area (Å²) in [5, 5.41) is 7.28. The van der Waals surface area contributed by atoms with Gasteiger partial charge in [0.15, 0.2) is 5.69 Å². The summed E-state index contributed by atoms with van der Waals surface area (Å²) in [6.45, 7) is 3.09. The molecule has 4 nitrogen and oxygen atoms in total. The summed E-state index contributed by atoms with van der Waals surface area (Å²) in [6, 6.07) is 9.70. The van der Waals surface area contributed by atoms with Crippen LogP contribution < -0.4 is 5.32 Å². The van der Waals surface area contributed by atoms with Gasteiger partial charge in [-0.25, -0.2) is 0 Å². The molecule has 0 radical (unpaired) electrons. The van der Waals surface area contributed by atoms with E-state index in [1.165, 1.54) is 0 Å². The molecule has 1 aromatic heterocycles. The smallest absolute Gasteiger partial charge is 0.273 e. The second-order valence-electron chi connectivity index (χ2n) is 3.85. The first-order valence-electron chi connectivity index (χ1n) is 5.75. The zero-order valence-corrected chi connectivity index (χ0v) is 10.8. The van der Waals surface area contributed by atoms with Gasteiger partial charge in [0.2, 0.25) is 0 Å². The van der Waals surface area contributed by atoms with E-state index in [0.717, 1.165) is 5.56 Å². The van der Waals surface area contributed by atoms with E-state index in [4.69, 9.17) is 11.6 Å². The van der Waals surface area contributed by atoms with Crippen molar-refractivity contribution < 1.29 is 4.79 Å². The Morgan fingerprint density at radius 2 is 2.11 bits per heavy atom. The van der Waals surface area contributed by atoms with Crippen molar-refractivity contribution in [2.75, 3.05) is 0 Å². The highest BCUT2D eigenvalue weighted by molar-refractivity contribution is 6.33. The number of carbonyl (C=O) groups excluding carboxylic acids is 1. The lowest BCUT2D eigenvalue weighted by atomic mass is 10.2. The summed E-state index contributed by atoms with van der Waals surface area (Å²) in [5.41, 5.74) is 1.31. The second-order valence-corrected chi connectivity index (χ2v) is 4.26. The Labute approximate surface area is 111 Å². The molecule has 2 aromatic rings. The predicted molar refractivity (Wildman–Crippen MR) is 70.5 cm³/mol. The summed E-state index contributed by atoms with van der Waals surface area (Å²) >= 11 is 5.96. The quantitative estimate of drug-likeness (QED) is 0.921. The molecule has 18 heavy (non-hydrogen) atoms. The van der Waals surface area contributed by atoms with Gasteiger partial charge in [0.25, 0.3) is 5.91 Å². The molecule has 1 heterocycles. The molecule has 0 aliphatic carbocycles. The van der Waals surface area contributed by atoms with E-state index in [1.54, 1.807) is 10.9 Å². The Bertz CT molecular complexity index is 536. The lowest BCUT2D eigenvalue weighted by Gasteiger charge is -2.03. The number of rotatable bonds is 4. The maximum Gasteiger partial charge on any atom is 0.273 e. The van der Waals surface area contributed by atoms with Gasteiger partial charge in [-0.1, -0.05) is 41.9 Å². The van der Waals surface area contributed by atoms with Gasteiger partial charge in [0.1, 0.15) is 0 Å². The van der Waals surface area contributed by atoms with Crippen LogP contribution in [0.3, 0.4) is 0 Å². The average molecular weight is 264 g/mol. The number of hydrogen-bond acceptors (Lipinski definition) is 2. The second kappa shape index (κ2) is 5.69. The van der Waals surface area contributed by atoms with Gasteiger partial charge in [0, 0.05) is 19.3 Å². The number of nitrogens with one attached hydrogen (secondary N) is 1. The van der Waals surface area contributed by atoms with Gasteiger partial charge < -0.3 is 5.32 Å². The molecule has 0 atom stereocenters. The number of benzene rings is 1. The minimum Gasteiger partial charge on any atom is -0.347 e. The van der Waals surface area contributed by atoms with E-state index < -0.39 is 0 Å². The summed E-state index contributed by atoms with van der Waals surface area (Å²) in [7, 11) is 0. The van der Waals surface area contributed by atoms with Crippen molar-refractivity contribution >= 4 is 17.5 Å². The lowest BCUT2D eigenvalue weighted by molar-refractivity contribution is 0.0945. The Morgan fingerprint density at radius 3 is 2.72 bits per heavy atom. The minimum atomic E-state index is -0.254. The molecule has 0 bridgehead atoms. The SMILES string of the molecule is CCn1cc(Cl)c(C(=O)NCc2ccccc2)n1. The monoisotopic (exact) mass is 263 g/mol. The fraction of sp³-hybridized carbons (Fsp3) is 0.231.